The van der Waals surface area contributed by atoms with Gasteiger partial charge < -0.3 is 16.4 Å². The minimum absolute atomic E-state index is 0.0829. The monoisotopic (exact) mass is 331 g/mol. The third kappa shape index (κ3) is 4.47. The van der Waals surface area contributed by atoms with E-state index in [2.05, 4.69) is 10.6 Å². The van der Waals surface area contributed by atoms with Crippen molar-refractivity contribution in [1.29, 1.82) is 0 Å². The Bertz CT molecular complexity index is 759. The Morgan fingerprint density at radius 3 is 2.48 bits per heavy atom. The molecule has 0 saturated heterocycles. The first-order valence-corrected chi connectivity index (χ1v) is 7.45. The van der Waals surface area contributed by atoms with Gasteiger partial charge in [-0.3, -0.25) is 9.59 Å². The Kier molecular flexibility index (Phi) is 5.24. The standard InChI is InChI=1S/C17H18ClN3O2/c1-10-3-6-15(14(18)7-10)21-16(22)9-20-12-4-5-13(17(19)23)11(2)8-12/h3-8,20H,9H2,1-2H3,(H2,19,23)(H,21,22). The zero-order valence-corrected chi connectivity index (χ0v) is 13.7. The lowest BCUT2D eigenvalue weighted by molar-refractivity contribution is -0.114. The van der Waals surface area contributed by atoms with Crippen LogP contribution >= 0.6 is 11.6 Å². The van der Waals surface area contributed by atoms with Gasteiger partial charge in [-0.05, 0) is 55.3 Å². The van der Waals surface area contributed by atoms with Crippen LogP contribution in [0.25, 0.3) is 0 Å². The van der Waals surface area contributed by atoms with Crippen molar-refractivity contribution < 1.29 is 9.59 Å². The van der Waals surface area contributed by atoms with Crippen molar-refractivity contribution in [1.82, 2.24) is 0 Å². The third-order valence-electron chi connectivity index (χ3n) is 3.34. The van der Waals surface area contributed by atoms with Gasteiger partial charge in [-0.15, -0.1) is 0 Å². The van der Waals surface area contributed by atoms with Crippen molar-refractivity contribution in [2.24, 2.45) is 5.73 Å². The van der Waals surface area contributed by atoms with Crippen LogP contribution in [-0.4, -0.2) is 18.4 Å². The molecule has 0 aliphatic carbocycles. The molecule has 23 heavy (non-hydrogen) atoms. The number of nitrogens with two attached hydrogens (primary N) is 1. The quantitative estimate of drug-likeness (QED) is 0.787. The number of hydrogen-bond donors (Lipinski definition) is 3. The topological polar surface area (TPSA) is 84.2 Å². The maximum atomic E-state index is 12.0. The van der Waals surface area contributed by atoms with Gasteiger partial charge in [-0.25, -0.2) is 0 Å². The number of hydrogen-bond acceptors (Lipinski definition) is 3. The molecule has 0 aliphatic rings. The number of amides is 2. The van der Waals surface area contributed by atoms with E-state index in [1.165, 1.54) is 0 Å². The molecule has 2 rings (SSSR count). The Hall–Kier alpha value is -2.53. The highest BCUT2D eigenvalue weighted by molar-refractivity contribution is 6.33. The van der Waals surface area contributed by atoms with Gasteiger partial charge in [0.2, 0.25) is 11.8 Å². The van der Waals surface area contributed by atoms with E-state index in [1.54, 1.807) is 37.3 Å². The molecular weight excluding hydrogens is 314 g/mol. The molecule has 5 nitrogen and oxygen atoms in total. The van der Waals surface area contributed by atoms with Crippen molar-refractivity contribution in [2.45, 2.75) is 13.8 Å². The normalized spacial score (nSPS) is 10.2. The first kappa shape index (κ1) is 16.8. The van der Waals surface area contributed by atoms with E-state index in [0.29, 0.717) is 16.3 Å². The van der Waals surface area contributed by atoms with Gasteiger partial charge in [0.25, 0.3) is 0 Å². The van der Waals surface area contributed by atoms with Crippen molar-refractivity contribution in [3.63, 3.8) is 0 Å². The van der Waals surface area contributed by atoms with Gasteiger partial charge in [0, 0.05) is 11.3 Å². The van der Waals surface area contributed by atoms with Crippen molar-refractivity contribution >= 4 is 34.8 Å². The molecule has 120 valence electrons. The van der Waals surface area contributed by atoms with E-state index in [4.69, 9.17) is 17.3 Å². The molecule has 0 aliphatic heterocycles. The molecule has 2 aromatic rings. The van der Waals surface area contributed by atoms with Crippen LogP contribution in [0.15, 0.2) is 36.4 Å². The molecular formula is C17H18ClN3O2. The third-order valence-corrected chi connectivity index (χ3v) is 3.66. The summed E-state index contributed by atoms with van der Waals surface area (Å²) < 4.78 is 0. The van der Waals surface area contributed by atoms with Crippen LogP contribution in [0.2, 0.25) is 5.02 Å². The van der Waals surface area contributed by atoms with Crippen molar-refractivity contribution in [3.8, 4) is 0 Å². The molecule has 2 amide bonds. The van der Waals surface area contributed by atoms with Crippen molar-refractivity contribution in [2.75, 3.05) is 17.2 Å². The Morgan fingerprint density at radius 2 is 1.87 bits per heavy atom. The first-order valence-electron chi connectivity index (χ1n) is 7.07. The second-order valence-electron chi connectivity index (χ2n) is 5.28. The average Bonchev–Trinajstić information content (AvgIpc) is 2.48. The summed E-state index contributed by atoms with van der Waals surface area (Å²) in [6.07, 6.45) is 0. The number of rotatable bonds is 5. The van der Waals surface area contributed by atoms with Crippen LogP contribution in [0.4, 0.5) is 11.4 Å². The summed E-state index contributed by atoms with van der Waals surface area (Å²) in [6.45, 7) is 3.80. The minimum atomic E-state index is -0.471. The Labute approximate surface area is 139 Å². The number of primary amides is 1. The lowest BCUT2D eigenvalue weighted by Gasteiger charge is -2.11. The lowest BCUT2D eigenvalue weighted by atomic mass is 10.1. The molecule has 0 spiro atoms. The van der Waals surface area contributed by atoms with Gasteiger partial charge in [-0.1, -0.05) is 17.7 Å². The van der Waals surface area contributed by atoms with Gasteiger partial charge in [0.05, 0.1) is 17.3 Å². The van der Waals surface area contributed by atoms with Crippen LogP contribution in [-0.2, 0) is 4.79 Å². The second kappa shape index (κ2) is 7.15. The number of benzene rings is 2. The van der Waals surface area contributed by atoms with Crippen molar-refractivity contribution in [3.05, 3.63) is 58.1 Å². The second-order valence-corrected chi connectivity index (χ2v) is 5.69. The molecule has 0 heterocycles. The van der Waals surface area contributed by atoms with E-state index >= 15 is 0 Å². The number of halogens is 1. The van der Waals surface area contributed by atoms with Crippen LogP contribution < -0.4 is 16.4 Å². The zero-order valence-electron chi connectivity index (χ0n) is 12.9. The molecule has 0 fully saturated rings. The highest BCUT2D eigenvalue weighted by atomic mass is 35.5. The number of anilines is 2. The fourth-order valence-electron chi connectivity index (χ4n) is 2.15. The van der Waals surface area contributed by atoms with Crippen LogP contribution in [0.5, 0.6) is 0 Å². The molecule has 0 saturated carbocycles. The number of aryl methyl sites for hydroxylation is 2. The molecule has 2 aromatic carbocycles. The fourth-order valence-corrected chi connectivity index (χ4v) is 2.43. The predicted octanol–water partition coefficient (Wildman–Crippen LogP) is 3.11. The van der Waals surface area contributed by atoms with E-state index in [0.717, 1.165) is 16.8 Å². The summed E-state index contributed by atoms with van der Waals surface area (Å²) in [7, 11) is 0. The highest BCUT2D eigenvalue weighted by Gasteiger charge is 2.08. The summed E-state index contributed by atoms with van der Waals surface area (Å²) >= 11 is 6.08. The molecule has 6 heteroatoms. The van der Waals surface area contributed by atoms with E-state index in [-0.39, 0.29) is 12.5 Å². The first-order chi connectivity index (χ1) is 10.9. The summed E-state index contributed by atoms with van der Waals surface area (Å²) in [5, 5.41) is 6.24. The van der Waals surface area contributed by atoms with Crippen LogP contribution in [0.3, 0.4) is 0 Å². The Balaban J connectivity index is 1.96. The zero-order chi connectivity index (χ0) is 17.0. The van der Waals surface area contributed by atoms with Gasteiger partial charge in [-0.2, -0.15) is 0 Å². The molecule has 4 N–H and O–H groups in total. The Morgan fingerprint density at radius 1 is 1.13 bits per heavy atom. The minimum Gasteiger partial charge on any atom is -0.376 e. The largest absolute Gasteiger partial charge is 0.376 e. The lowest BCUT2D eigenvalue weighted by Crippen LogP contribution is -2.22. The highest BCUT2D eigenvalue weighted by Crippen LogP contribution is 2.22. The van der Waals surface area contributed by atoms with Crippen LogP contribution in [0.1, 0.15) is 21.5 Å². The van der Waals surface area contributed by atoms with E-state index in [1.807, 2.05) is 13.0 Å². The molecule has 0 radical (unpaired) electrons. The average molecular weight is 332 g/mol. The van der Waals surface area contributed by atoms with E-state index < -0.39 is 5.91 Å². The summed E-state index contributed by atoms with van der Waals surface area (Å²) in [5.41, 5.74) is 8.81. The van der Waals surface area contributed by atoms with E-state index in [9.17, 15) is 9.59 Å². The molecule has 0 atom stereocenters. The number of nitrogens with one attached hydrogen (secondary N) is 2. The van der Waals surface area contributed by atoms with Gasteiger partial charge in [0.15, 0.2) is 0 Å². The SMILES string of the molecule is Cc1ccc(NC(=O)CNc2ccc(C(N)=O)c(C)c2)c(Cl)c1. The summed E-state index contributed by atoms with van der Waals surface area (Å²) in [4.78, 5) is 23.2. The molecule has 0 unspecified atom stereocenters. The summed E-state index contributed by atoms with van der Waals surface area (Å²) in [6, 6.07) is 10.5. The fraction of sp³-hybridized carbons (Fsp3) is 0.176. The maximum Gasteiger partial charge on any atom is 0.248 e. The van der Waals surface area contributed by atoms with Crippen LogP contribution in [0, 0.1) is 13.8 Å². The number of carbonyl (C=O) groups excluding carboxylic acids is 2. The van der Waals surface area contributed by atoms with Gasteiger partial charge >= 0.3 is 0 Å². The van der Waals surface area contributed by atoms with Gasteiger partial charge in [0.1, 0.15) is 0 Å². The molecule has 0 bridgehead atoms. The summed E-state index contributed by atoms with van der Waals surface area (Å²) in [5.74, 6) is -0.687. The maximum absolute atomic E-state index is 12.0. The predicted molar refractivity (Wildman–Crippen MR) is 93.0 cm³/mol. The molecule has 0 aromatic heterocycles. The smallest absolute Gasteiger partial charge is 0.248 e. The number of carbonyl (C=O) groups is 2.